The van der Waals surface area contributed by atoms with E-state index in [1.54, 1.807) is 0 Å². The van der Waals surface area contributed by atoms with Gasteiger partial charge in [-0.05, 0) is 32.9 Å². The van der Waals surface area contributed by atoms with Gasteiger partial charge in [-0.15, -0.1) is 12.4 Å². The van der Waals surface area contributed by atoms with Gasteiger partial charge >= 0.3 is 0 Å². The molecule has 0 spiro atoms. The van der Waals surface area contributed by atoms with Gasteiger partial charge in [-0.2, -0.15) is 5.10 Å². The third kappa shape index (κ3) is 3.62. The second kappa shape index (κ2) is 7.81. The number of aryl methyl sites for hydroxylation is 1. The molecule has 3 rings (SSSR count). The number of nitrogens with zero attached hydrogens (tertiary/aromatic N) is 3. The molecule has 1 N–H and O–H groups in total. The van der Waals surface area contributed by atoms with Crippen molar-refractivity contribution in [2.24, 2.45) is 0 Å². The van der Waals surface area contributed by atoms with E-state index in [2.05, 4.69) is 17.3 Å². The number of para-hydroxylation sites is 1. The van der Waals surface area contributed by atoms with Crippen molar-refractivity contribution in [3.63, 3.8) is 0 Å². The molecule has 1 aliphatic rings. The Kier molecular flexibility index (Phi) is 6.02. The zero-order chi connectivity index (χ0) is 16.4. The monoisotopic (exact) mass is 348 g/mol. The lowest BCUT2D eigenvalue weighted by Crippen LogP contribution is -2.52. The summed E-state index contributed by atoms with van der Waals surface area (Å²) in [6.45, 7) is 8.64. The summed E-state index contributed by atoms with van der Waals surface area (Å²) in [7, 11) is 0. The number of carbonyl (C=O) groups excluding carboxylic acids is 1. The predicted molar refractivity (Wildman–Crippen MR) is 98.0 cm³/mol. The molecule has 1 aliphatic heterocycles. The lowest BCUT2D eigenvalue weighted by molar-refractivity contribution is -0.133. The normalized spacial score (nSPS) is 17.5. The summed E-state index contributed by atoms with van der Waals surface area (Å²) in [5.41, 5.74) is 4.05. The molecule has 0 aliphatic carbocycles. The SMILES string of the molecule is Cc1nn(-c2ccccc2)c(C)c1CC(=O)N1CCNC[C@@H]1C.Cl. The van der Waals surface area contributed by atoms with Gasteiger partial charge in [-0.3, -0.25) is 4.79 Å². The van der Waals surface area contributed by atoms with Crippen molar-refractivity contribution >= 4 is 18.3 Å². The molecule has 0 bridgehead atoms. The van der Waals surface area contributed by atoms with E-state index >= 15 is 0 Å². The van der Waals surface area contributed by atoms with Crippen molar-refractivity contribution < 1.29 is 4.79 Å². The van der Waals surface area contributed by atoms with E-state index in [1.807, 2.05) is 53.8 Å². The molecular formula is C18H25ClN4O. The first-order valence-electron chi connectivity index (χ1n) is 8.18. The maximum Gasteiger partial charge on any atom is 0.227 e. The second-order valence-corrected chi connectivity index (χ2v) is 6.21. The van der Waals surface area contributed by atoms with Gasteiger partial charge in [0.15, 0.2) is 0 Å². The quantitative estimate of drug-likeness (QED) is 0.925. The minimum atomic E-state index is 0. The Labute approximate surface area is 149 Å². The first kappa shape index (κ1) is 18.5. The summed E-state index contributed by atoms with van der Waals surface area (Å²) in [5, 5.41) is 7.95. The van der Waals surface area contributed by atoms with Gasteiger partial charge in [0.1, 0.15) is 0 Å². The second-order valence-electron chi connectivity index (χ2n) is 6.21. The summed E-state index contributed by atoms with van der Waals surface area (Å²) < 4.78 is 1.93. The van der Waals surface area contributed by atoms with E-state index in [0.717, 1.165) is 42.3 Å². The minimum absolute atomic E-state index is 0. The third-order valence-electron chi connectivity index (χ3n) is 4.59. The predicted octanol–water partition coefficient (Wildman–Crippen LogP) is 2.27. The highest BCUT2D eigenvalue weighted by Gasteiger charge is 2.25. The molecule has 5 nitrogen and oxygen atoms in total. The van der Waals surface area contributed by atoms with Crippen LogP contribution in [0, 0.1) is 13.8 Å². The number of hydrogen-bond donors (Lipinski definition) is 1. The Morgan fingerprint density at radius 3 is 2.67 bits per heavy atom. The Morgan fingerprint density at radius 1 is 1.29 bits per heavy atom. The van der Waals surface area contributed by atoms with Crippen LogP contribution < -0.4 is 5.32 Å². The lowest BCUT2D eigenvalue weighted by atomic mass is 10.1. The lowest BCUT2D eigenvalue weighted by Gasteiger charge is -2.34. The molecular weight excluding hydrogens is 324 g/mol. The Bertz CT molecular complexity index is 699. The van der Waals surface area contributed by atoms with Crippen LogP contribution in [0.5, 0.6) is 0 Å². The molecule has 0 saturated carbocycles. The van der Waals surface area contributed by atoms with E-state index in [0.29, 0.717) is 6.42 Å². The number of piperazine rings is 1. The number of benzene rings is 1. The van der Waals surface area contributed by atoms with Crippen LogP contribution in [0.3, 0.4) is 0 Å². The molecule has 1 aromatic heterocycles. The molecule has 2 heterocycles. The number of hydrogen-bond acceptors (Lipinski definition) is 3. The van der Waals surface area contributed by atoms with E-state index in [4.69, 9.17) is 0 Å². The summed E-state index contributed by atoms with van der Waals surface area (Å²) in [5.74, 6) is 0.192. The molecule has 6 heteroatoms. The number of halogens is 1. The molecule has 24 heavy (non-hydrogen) atoms. The first-order chi connectivity index (χ1) is 11.1. The van der Waals surface area contributed by atoms with Crippen LogP contribution in [0.4, 0.5) is 0 Å². The molecule has 0 radical (unpaired) electrons. The summed E-state index contributed by atoms with van der Waals surface area (Å²) in [6, 6.07) is 10.3. The van der Waals surface area contributed by atoms with Gasteiger partial charge in [-0.1, -0.05) is 18.2 Å². The molecule has 2 aromatic rings. The van der Waals surface area contributed by atoms with Crippen LogP contribution in [0.1, 0.15) is 23.9 Å². The number of nitrogens with one attached hydrogen (secondary N) is 1. The van der Waals surface area contributed by atoms with Gasteiger partial charge in [0.25, 0.3) is 0 Å². The third-order valence-corrected chi connectivity index (χ3v) is 4.59. The van der Waals surface area contributed by atoms with Gasteiger partial charge in [-0.25, -0.2) is 4.68 Å². The molecule has 1 saturated heterocycles. The molecule has 1 aromatic carbocycles. The minimum Gasteiger partial charge on any atom is -0.337 e. The number of amides is 1. The highest BCUT2D eigenvalue weighted by atomic mass is 35.5. The van der Waals surface area contributed by atoms with E-state index in [9.17, 15) is 4.79 Å². The molecule has 130 valence electrons. The number of aromatic nitrogens is 2. The summed E-state index contributed by atoms with van der Waals surface area (Å²) >= 11 is 0. The van der Waals surface area contributed by atoms with Gasteiger partial charge in [0, 0.05) is 36.9 Å². The largest absolute Gasteiger partial charge is 0.337 e. The zero-order valence-electron chi connectivity index (χ0n) is 14.5. The topological polar surface area (TPSA) is 50.2 Å². The van der Waals surface area contributed by atoms with Crippen LogP contribution in [0.15, 0.2) is 30.3 Å². The summed E-state index contributed by atoms with van der Waals surface area (Å²) in [6.07, 6.45) is 0.425. The fourth-order valence-corrected chi connectivity index (χ4v) is 3.22. The van der Waals surface area contributed by atoms with Crippen molar-refractivity contribution in [3.05, 3.63) is 47.3 Å². The van der Waals surface area contributed by atoms with E-state index in [-0.39, 0.29) is 24.4 Å². The molecule has 1 fully saturated rings. The van der Waals surface area contributed by atoms with E-state index < -0.39 is 0 Å². The smallest absolute Gasteiger partial charge is 0.227 e. The molecule has 0 unspecified atom stereocenters. The maximum absolute atomic E-state index is 12.7. The van der Waals surface area contributed by atoms with Crippen molar-refractivity contribution in [1.29, 1.82) is 0 Å². The fraction of sp³-hybridized carbons (Fsp3) is 0.444. The van der Waals surface area contributed by atoms with Gasteiger partial charge < -0.3 is 10.2 Å². The molecule has 1 amide bonds. The van der Waals surface area contributed by atoms with Crippen molar-refractivity contribution in [2.75, 3.05) is 19.6 Å². The van der Waals surface area contributed by atoms with E-state index in [1.165, 1.54) is 0 Å². The van der Waals surface area contributed by atoms with Crippen LogP contribution in [0.25, 0.3) is 5.69 Å². The van der Waals surface area contributed by atoms with Crippen LogP contribution in [-0.4, -0.2) is 46.3 Å². The van der Waals surface area contributed by atoms with Crippen LogP contribution in [-0.2, 0) is 11.2 Å². The van der Waals surface area contributed by atoms with Gasteiger partial charge in [0.2, 0.25) is 5.91 Å². The average molecular weight is 349 g/mol. The number of rotatable bonds is 3. The summed E-state index contributed by atoms with van der Waals surface area (Å²) in [4.78, 5) is 14.7. The standard InChI is InChI=1S/C18H24N4O.ClH/c1-13-12-19-9-10-21(13)18(23)11-17-14(2)20-22(15(17)3)16-7-5-4-6-8-16;/h4-8,13,19H,9-12H2,1-3H3;1H/t13-;/m0./s1. The fourth-order valence-electron chi connectivity index (χ4n) is 3.22. The van der Waals surface area contributed by atoms with Gasteiger partial charge in [0.05, 0.1) is 17.8 Å². The Hall–Kier alpha value is -1.85. The van der Waals surface area contributed by atoms with Crippen LogP contribution >= 0.6 is 12.4 Å². The Balaban J connectivity index is 0.00000208. The highest BCUT2D eigenvalue weighted by molar-refractivity contribution is 5.85. The highest BCUT2D eigenvalue weighted by Crippen LogP contribution is 2.19. The van der Waals surface area contributed by atoms with Crippen molar-refractivity contribution in [1.82, 2.24) is 20.0 Å². The average Bonchev–Trinajstić information content (AvgIpc) is 2.84. The van der Waals surface area contributed by atoms with Crippen molar-refractivity contribution in [3.8, 4) is 5.69 Å². The van der Waals surface area contributed by atoms with Crippen LogP contribution in [0.2, 0.25) is 0 Å². The first-order valence-corrected chi connectivity index (χ1v) is 8.18. The molecule has 1 atom stereocenters. The van der Waals surface area contributed by atoms with Crippen molar-refractivity contribution in [2.45, 2.75) is 33.2 Å². The number of carbonyl (C=O) groups is 1. The maximum atomic E-state index is 12.7. The Morgan fingerprint density at radius 2 is 2.00 bits per heavy atom. The zero-order valence-corrected chi connectivity index (χ0v) is 15.3.